The first kappa shape index (κ1) is 20.1. The molecule has 7 nitrogen and oxygen atoms in total. The molecule has 0 fully saturated rings. The van der Waals surface area contributed by atoms with Gasteiger partial charge < -0.3 is 4.74 Å². The van der Waals surface area contributed by atoms with Crippen molar-refractivity contribution in [3.63, 3.8) is 0 Å². The molecule has 12 heteroatoms. The lowest BCUT2D eigenvalue weighted by atomic mass is 10.2. The molecular weight excluding hydrogens is 415 g/mol. The fourth-order valence-corrected chi connectivity index (χ4v) is 3.86. The minimum Gasteiger partial charge on any atom is -0.493 e. The molecule has 0 unspecified atom stereocenters. The largest absolute Gasteiger partial charge is 0.493 e. The van der Waals surface area contributed by atoms with E-state index in [1.807, 2.05) is 6.92 Å². The normalized spacial score (nSPS) is 11.5. The number of methoxy groups -OCH3 is 1. The van der Waals surface area contributed by atoms with Crippen LogP contribution in [0.2, 0.25) is 0 Å². The van der Waals surface area contributed by atoms with E-state index >= 15 is 0 Å². The lowest BCUT2D eigenvalue weighted by Crippen LogP contribution is -2.14. The summed E-state index contributed by atoms with van der Waals surface area (Å²) >= 11 is 2.70. The third kappa shape index (κ3) is 4.44. The number of hydrogen-bond acceptors (Lipinski definition) is 7. The van der Waals surface area contributed by atoms with Gasteiger partial charge >= 0.3 is 6.18 Å². The van der Waals surface area contributed by atoms with Gasteiger partial charge in [-0.1, -0.05) is 36.1 Å². The van der Waals surface area contributed by atoms with Gasteiger partial charge in [0.2, 0.25) is 5.13 Å². The number of carbonyl (C=O) groups is 1. The van der Waals surface area contributed by atoms with Gasteiger partial charge in [-0.15, -0.1) is 10.2 Å². The average Bonchev–Trinajstić information content (AvgIpc) is 3.28. The number of carbonyl (C=O) groups excluding carboxylic acids is 1. The first-order valence-electron chi connectivity index (χ1n) is 7.90. The predicted octanol–water partition coefficient (Wildman–Crippen LogP) is 4.12. The number of anilines is 1. The van der Waals surface area contributed by atoms with Gasteiger partial charge in [-0.25, -0.2) is 4.68 Å². The molecule has 28 heavy (non-hydrogen) atoms. The van der Waals surface area contributed by atoms with Crippen LogP contribution < -0.4 is 10.1 Å². The minimum absolute atomic E-state index is 0.0835. The second-order valence-electron chi connectivity index (χ2n) is 5.30. The number of hydrogen-bond donors (Lipinski definition) is 1. The molecule has 0 bridgehead atoms. The second kappa shape index (κ2) is 8.19. The van der Waals surface area contributed by atoms with E-state index < -0.39 is 17.6 Å². The van der Waals surface area contributed by atoms with E-state index in [1.54, 1.807) is 0 Å². The van der Waals surface area contributed by atoms with Crippen molar-refractivity contribution < 1.29 is 22.7 Å². The van der Waals surface area contributed by atoms with Crippen molar-refractivity contribution in [3.05, 3.63) is 41.7 Å². The van der Waals surface area contributed by atoms with Gasteiger partial charge in [-0.05, 0) is 24.0 Å². The van der Waals surface area contributed by atoms with Crippen molar-refractivity contribution in [1.82, 2.24) is 20.0 Å². The number of amides is 1. The van der Waals surface area contributed by atoms with E-state index in [2.05, 4.69) is 20.6 Å². The van der Waals surface area contributed by atoms with Crippen molar-refractivity contribution in [3.8, 4) is 11.4 Å². The maximum Gasteiger partial charge on any atom is 0.416 e. The number of benzene rings is 1. The summed E-state index contributed by atoms with van der Waals surface area (Å²) in [6.45, 7) is 1.97. The minimum atomic E-state index is -4.49. The monoisotopic (exact) mass is 429 g/mol. The van der Waals surface area contributed by atoms with Crippen molar-refractivity contribution >= 4 is 34.1 Å². The van der Waals surface area contributed by atoms with Crippen molar-refractivity contribution in [1.29, 1.82) is 0 Å². The van der Waals surface area contributed by atoms with Gasteiger partial charge in [0.05, 0.1) is 24.6 Å². The molecule has 148 valence electrons. The van der Waals surface area contributed by atoms with Gasteiger partial charge in [-0.3, -0.25) is 10.1 Å². The van der Waals surface area contributed by atoms with Crippen LogP contribution in [0.1, 0.15) is 23.0 Å². The van der Waals surface area contributed by atoms with E-state index in [4.69, 9.17) is 4.74 Å². The highest BCUT2D eigenvalue weighted by Crippen LogP contribution is 2.31. The number of nitrogens with zero attached hydrogens (tertiary/aromatic N) is 4. The summed E-state index contributed by atoms with van der Waals surface area (Å²) < 4.78 is 45.8. The number of nitrogens with one attached hydrogen (secondary N) is 1. The van der Waals surface area contributed by atoms with Crippen LogP contribution in [0.3, 0.4) is 0 Å². The highest BCUT2D eigenvalue weighted by Gasteiger charge is 2.30. The molecule has 0 atom stereocenters. The summed E-state index contributed by atoms with van der Waals surface area (Å²) in [5.41, 5.74) is -0.759. The average molecular weight is 429 g/mol. The number of ether oxygens (including phenoxy) is 1. The highest BCUT2D eigenvalue weighted by molar-refractivity contribution is 8.01. The molecule has 0 saturated carbocycles. The molecule has 1 N–H and O–H groups in total. The fraction of sp³-hybridized carbons (Fsp3) is 0.250. The Morgan fingerprint density at radius 1 is 1.36 bits per heavy atom. The molecule has 0 spiro atoms. The van der Waals surface area contributed by atoms with Crippen molar-refractivity contribution in [2.45, 2.75) is 17.4 Å². The number of halogens is 3. The Morgan fingerprint density at radius 3 is 2.82 bits per heavy atom. The summed E-state index contributed by atoms with van der Waals surface area (Å²) in [6, 6.07) is 4.61. The van der Waals surface area contributed by atoms with Crippen LogP contribution in [0.4, 0.5) is 18.3 Å². The molecule has 0 aliphatic rings. The first-order chi connectivity index (χ1) is 13.3. The Balaban J connectivity index is 1.87. The second-order valence-corrected chi connectivity index (χ2v) is 7.79. The molecule has 2 heterocycles. The summed E-state index contributed by atoms with van der Waals surface area (Å²) in [6.07, 6.45) is -3.15. The highest BCUT2D eigenvalue weighted by atomic mass is 32.2. The van der Waals surface area contributed by atoms with E-state index in [0.717, 1.165) is 22.6 Å². The fourth-order valence-electron chi connectivity index (χ4n) is 2.22. The van der Waals surface area contributed by atoms with E-state index in [9.17, 15) is 18.0 Å². The molecule has 3 rings (SSSR count). The molecule has 0 aliphatic heterocycles. The molecular formula is C16H14F3N5O2S2. The Morgan fingerprint density at radius 2 is 2.14 bits per heavy atom. The third-order valence-corrected chi connectivity index (χ3v) is 5.30. The van der Waals surface area contributed by atoms with Crippen LogP contribution in [-0.2, 0) is 6.18 Å². The van der Waals surface area contributed by atoms with Gasteiger partial charge in [0.25, 0.3) is 5.91 Å². The zero-order chi connectivity index (χ0) is 20.3. The molecule has 0 saturated heterocycles. The van der Waals surface area contributed by atoms with Crippen molar-refractivity contribution in [2.24, 2.45) is 0 Å². The standard InChI is InChI=1S/C16H14F3N5O2S2/c1-3-27-15-22-21-14(28-15)20-13(25)12-11(26-2)8-24(23-12)10-6-4-5-9(7-10)16(17,18)19/h4-8H,3H2,1-2H3,(H,20,21,25). The zero-order valence-electron chi connectivity index (χ0n) is 14.6. The van der Waals surface area contributed by atoms with Crippen LogP contribution in [0.5, 0.6) is 5.75 Å². The number of rotatable bonds is 6. The quantitative estimate of drug-likeness (QED) is 0.469. The number of thioether (sulfide) groups is 1. The SMILES string of the molecule is CCSc1nnc(NC(=O)c2nn(-c3cccc(C(F)(F)F)c3)cc2OC)s1. The van der Waals surface area contributed by atoms with Crippen LogP contribution in [0.15, 0.2) is 34.8 Å². The lowest BCUT2D eigenvalue weighted by molar-refractivity contribution is -0.137. The Hall–Kier alpha value is -2.60. The maximum atomic E-state index is 12.9. The van der Waals surface area contributed by atoms with E-state index in [-0.39, 0.29) is 22.3 Å². The summed E-state index contributed by atoms with van der Waals surface area (Å²) in [5, 5.41) is 14.7. The molecule has 2 aromatic heterocycles. The van der Waals surface area contributed by atoms with E-state index in [1.165, 1.54) is 48.5 Å². The van der Waals surface area contributed by atoms with Gasteiger partial charge in [0.1, 0.15) is 0 Å². The molecule has 0 aliphatic carbocycles. The molecule has 1 amide bonds. The Bertz CT molecular complexity index is 987. The van der Waals surface area contributed by atoms with Gasteiger partial charge in [0, 0.05) is 0 Å². The topological polar surface area (TPSA) is 81.9 Å². The Labute approximate surface area is 165 Å². The van der Waals surface area contributed by atoms with Crippen LogP contribution in [0.25, 0.3) is 5.69 Å². The maximum absolute atomic E-state index is 12.9. The lowest BCUT2D eigenvalue weighted by Gasteiger charge is -2.08. The predicted molar refractivity (Wildman–Crippen MR) is 99.4 cm³/mol. The van der Waals surface area contributed by atoms with Gasteiger partial charge in [-0.2, -0.15) is 18.3 Å². The summed E-state index contributed by atoms with van der Waals surface area (Å²) in [4.78, 5) is 12.5. The molecule has 1 aromatic carbocycles. The first-order valence-corrected chi connectivity index (χ1v) is 9.71. The van der Waals surface area contributed by atoms with E-state index in [0.29, 0.717) is 4.34 Å². The molecule has 3 aromatic rings. The van der Waals surface area contributed by atoms with Crippen molar-refractivity contribution in [2.75, 3.05) is 18.2 Å². The van der Waals surface area contributed by atoms with Crippen LogP contribution >= 0.6 is 23.1 Å². The van der Waals surface area contributed by atoms with Crippen LogP contribution in [0, 0.1) is 0 Å². The van der Waals surface area contributed by atoms with Crippen LogP contribution in [-0.4, -0.2) is 38.7 Å². The summed E-state index contributed by atoms with van der Waals surface area (Å²) in [5.74, 6) is 0.326. The molecule has 0 radical (unpaired) electrons. The number of alkyl halides is 3. The third-order valence-electron chi connectivity index (χ3n) is 3.45. The summed E-state index contributed by atoms with van der Waals surface area (Å²) in [7, 11) is 1.34. The Kier molecular flexibility index (Phi) is 5.89. The van der Waals surface area contributed by atoms with Gasteiger partial charge in [0.15, 0.2) is 15.8 Å². The smallest absolute Gasteiger partial charge is 0.416 e. The zero-order valence-corrected chi connectivity index (χ0v) is 16.3. The number of aromatic nitrogens is 4.